The van der Waals surface area contributed by atoms with Crippen molar-refractivity contribution in [2.75, 3.05) is 6.54 Å². The summed E-state index contributed by atoms with van der Waals surface area (Å²) in [6.45, 7) is 7.42. The van der Waals surface area contributed by atoms with Gasteiger partial charge >= 0.3 is 5.97 Å². The van der Waals surface area contributed by atoms with Gasteiger partial charge in [-0.05, 0) is 20.3 Å². The Morgan fingerprint density at radius 3 is 2.40 bits per heavy atom. The Labute approximate surface area is 89.7 Å². The SMILES string of the molecule is C=C(C)C(=O)OC(C)N.O=C1CCCN1. The average molecular weight is 214 g/mol. The van der Waals surface area contributed by atoms with E-state index in [4.69, 9.17) is 5.73 Å². The Morgan fingerprint density at radius 2 is 2.27 bits per heavy atom. The fraction of sp³-hybridized carbons (Fsp3) is 0.600. The third-order valence-corrected chi connectivity index (χ3v) is 1.54. The van der Waals surface area contributed by atoms with Crippen LogP contribution in [0.15, 0.2) is 12.2 Å². The average Bonchev–Trinajstić information content (AvgIpc) is 2.55. The topological polar surface area (TPSA) is 81.4 Å². The molecule has 5 heteroatoms. The fourth-order valence-corrected chi connectivity index (χ4v) is 0.835. The molecule has 1 unspecified atom stereocenters. The number of hydrogen-bond acceptors (Lipinski definition) is 4. The number of nitrogens with two attached hydrogens (primary N) is 1. The highest BCUT2D eigenvalue weighted by atomic mass is 16.6. The molecule has 0 aromatic heterocycles. The van der Waals surface area contributed by atoms with Crippen molar-refractivity contribution in [3.05, 3.63) is 12.2 Å². The predicted molar refractivity (Wildman–Crippen MR) is 56.8 cm³/mol. The maximum Gasteiger partial charge on any atom is 0.334 e. The van der Waals surface area contributed by atoms with Crippen molar-refractivity contribution in [1.29, 1.82) is 0 Å². The number of rotatable bonds is 2. The van der Waals surface area contributed by atoms with E-state index in [-0.39, 0.29) is 5.91 Å². The molecule has 1 saturated heterocycles. The molecule has 0 aromatic carbocycles. The zero-order valence-corrected chi connectivity index (χ0v) is 9.21. The lowest BCUT2D eigenvalue weighted by Gasteiger charge is -2.05. The molecular weight excluding hydrogens is 196 g/mol. The van der Waals surface area contributed by atoms with Crippen LogP contribution in [0.3, 0.4) is 0 Å². The van der Waals surface area contributed by atoms with Gasteiger partial charge in [-0.2, -0.15) is 0 Å². The number of ether oxygens (including phenoxy) is 1. The zero-order valence-electron chi connectivity index (χ0n) is 9.21. The van der Waals surface area contributed by atoms with Crippen LogP contribution in [0, 0.1) is 0 Å². The summed E-state index contributed by atoms with van der Waals surface area (Å²) in [7, 11) is 0. The highest BCUT2D eigenvalue weighted by Crippen LogP contribution is 1.93. The molecule has 0 spiro atoms. The Morgan fingerprint density at radius 1 is 1.67 bits per heavy atom. The van der Waals surface area contributed by atoms with Crippen LogP contribution in [0.5, 0.6) is 0 Å². The molecule has 86 valence electrons. The number of esters is 1. The van der Waals surface area contributed by atoms with E-state index in [0.29, 0.717) is 5.57 Å². The second kappa shape index (κ2) is 7.00. The van der Waals surface area contributed by atoms with Crippen LogP contribution in [-0.4, -0.2) is 24.6 Å². The van der Waals surface area contributed by atoms with Crippen LogP contribution in [0.1, 0.15) is 26.7 Å². The summed E-state index contributed by atoms with van der Waals surface area (Å²) in [6, 6.07) is 0. The molecule has 15 heavy (non-hydrogen) atoms. The van der Waals surface area contributed by atoms with Gasteiger partial charge in [-0.1, -0.05) is 6.58 Å². The lowest BCUT2D eigenvalue weighted by molar-refractivity contribution is -0.143. The first-order valence-corrected chi connectivity index (χ1v) is 4.82. The van der Waals surface area contributed by atoms with Crippen LogP contribution in [0.2, 0.25) is 0 Å². The molecule has 1 fully saturated rings. The molecule has 5 nitrogen and oxygen atoms in total. The van der Waals surface area contributed by atoms with E-state index in [0.717, 1.165) is 19.4 Å². The number of carbonyl (C=O) groups excluding carboxylic acids is 2. The molecule has 0 aliphatic carbocycles. The number of amides is 1. The molecule has 3 N–H and O–H groups in total. The normalized spacial score (nSPS) is 15.8. The molecule has 0 radical (unpaired) electrons. The molecule has 1 amide bonds. The third-order valence-electron chi connectivity index (χ3n) is 1.54. The summed E-state index contributed by atoms with van der Waals surface area (Å²) >= 11 is 0. The van der Waals surface area contributed by atoms with Gasteiger partial charge in [-0.25, -0.2) is 4.79 Å². The lowest BCUT2D eigenvalue weighted by atomic mass is 10.4. The van der Waals surface area contributed by atoms with E-state index in [2.05, 4.69) is 16.6 Å². The fourth-order valence-electron chi connectivity index (χ4n) is 0.835. The Kier molecular flexibility index (Phi) is 6.37. The van der Waals surface area contributed by atoms with E-state index < -0.39 is 12.2 Å². The molecular formula is C10H18N2O3. The summed E-state index contributed by atoms with van der Waals surface area (Å²) in [4.78, 5) is 20.7. The van der Waals surface area contributed by atoms with Gasteiger partial charge in [0.25, 0.3) is 0 Å². The first-order valence-electron chi connectivity index (χ1n) is 4.82. The van der Waals surface area contributed by atoms with Crippen molar-refractivity contribution in [2.24, 2.45) is 5.73 Å². The van der Waals surface area contributed by atoms with Crippen molar-refractivity contribution >= 4 is 11.9 Å². The van der Waals surface area contributed by atoms with E-state index >= 15 is 0 Å². The third kappa shape index (κ3) is 7.69. The highest BCUT2D eigenvalue weighted by molar-refractivity contribution is 5.87. The van der Waals surface area contributed by atoms with E-state index in [9.17, 15) is 9.59 Å². The monoisotopic (exact) mass is 214 g/mol. The summed E-state index contributed by atoms with van der Waals surface area (Å²) in [6.07, 6.45) is 1.22. The van der Waals surface area contributed by atoms with Crippen molar-refractivity contribution in [2.45, 2.75) is 32.9 Å². The smallest absolute Gasteiger partial charge is 0.334 e. The summed E-state index contributed by atoms with van der Waals surface area (Å²) in [5, 5.41) is 2.68. The Bertz CT molecular complexity index is 241. The minimum Gasteiger partial charge on any atom is -0.444 e. The van der Waals surface area contributed by atoms with E-state index in [1.54, 1.807) is 13.8 Å². The number of nitrogens with one attached hydrogen (secondary N) is 1. The predicted octanol–water partition coefficient (Wildman–Crippen LogP) is 0.307. The van der Waals surface area contributed by atoms with Gasteiger partial charge in [0.15, 0.2) is 0 Å². The van der Waals surface area contributed by atoms with Gasteiger partial charge in [0.1, 0.15) is 6.23 Å². The summed E-state index contributed by atoms with van der Waals surface area (Å²) in [5.74, 6) is -0.236. The maximum absolute atomic E-state index is 10.6. The minimum atomic E-state index is -0.547. The largest absolute Gasteiger partial charge is 0.444 e. The molecule has 1 rings (SSSR count). The van der Waals surface area contributed by atoms with Crippen molar-refractivity contribution in [3.63, 3.8) is 0 Å². The van der Waals surface area contributed by atoms with Crippen LogP contribution >= 0.6 is 0 Å². The van der Waals surface area contributed by atoms with Crippen LogP contribution in [-0.2, 0) is 14.3 Å². The van der Waals surface area contributed by atoms with Gasteiger partial charge < -0.3 is 10.1 Å². The Hall–Kier alpha value is -1.36. The Balaban J connectivity index is 0.000000280. The maximum atomic E-state index is 10.6. The lowest BCUT2D eigenvalue weighted by Crippen LogP contribution is -2.23. The van der Waals surface area contributed by atoms with Crippen LogP contribution in [0.25, 0.3) is 0 Å². The van der Waals surface area contributed by atoms with Gasteiger partial charge in [-0.3, -0.25) is 10.5 Å². The van der Waals surface area contributed by atoms with Crippen LogP contribution in [0.4, 0.5) is 0 Å². The molecule has 0 aromatic rings. The van der Waals surface area contributed by atoms with E-state index in [1.807, 2.05) is 0 Å². The zero-order chi connectivity index (χ0) is 11.8. The summed E-state index contributed by atoms with van der Waals surface area (Å²) < 4.78 is 4.55. The molecule has 1 atom stereocenters. The first-order chi connectivity index (χ1) is 6.93. The molecule has 1 aliphatic rings. The molecule has 1 aliphatic heterocycles. The standard InChI is InChI=1S/C6H11NO2.C4H7NO/c1-4(2)6(8)9-5(3)7;6-4-2-1-3-5-4/h5H,1,7H2,2-3H3;1-3H2,(H,5,6). The molecule has 0 bridgehead atoms. The quantitative estimate of drug-likeness (QED) is 0.393. The second-order valence-electron chi connectivity index (χ2n) is 3.34. The van der Waals surface area contributed by atoms with Gasteiger partial charge in [0.2, 0.25) is 5.91 Å². The minimum absolute atomic E-state index is 0.204. The van der Waals surface area contributed by atoms with E-state index in [1.165, 1.54) is 0 Å². The van der Waals surface area contributed by atoms with Crippen molar-refractivity contribution < 1.29 is 14.3 Å². The molecule has 1 heterocycles. The van der Waals surface area contributed by atoms with Crippen molar-refractivity contribution in [3.8, 4) is 0 Å². The number of hydrogen-bond donors (Lipinski definition) is 2. The highest BCUT2D eigenvalue weighted by Gasteiger charge is 2.05. The second-order valence-corrected chi connectivity index (χ2v) is 3.34. The summed E-state index contributed by atoms with van der Waals surface area (Å²) in [5.41, 5.74) is 5.51. The van der Waals surface area contributed by atoms with Crippen molar-refractivity contribution in [1.82, 2.24) is 5.32 Å². The van der Waals surface area contributed by atoms with Gasteiger partial charge in [-0.15, -0.1) is 0 Å². The number of carbonyl (C=O) groups is 2. The van der Waals surface area contributed by atoms with Gasteiger partial charge in [0, 0.05) is 18.5 Å². The molecule has 0 saturated carbocycles. The first kappa shape index (κ1) is 13.6. The van der Waals surface area contributed by atoms with Crippen LogP contribution < -0.4 is 11.1 Å². The van der Waals surface area contributed by atoms with Gasteiger partial charge in [0.05, 0.1) is 0 Å².